The molecule has 4 aliphatic carbocycles. The van der Waals surface area contributed by atoms with Crippen molar-refractivity contribution in [3.8, 4) is 0 Å². The summed E-state index contributed by atoms with van der Waals surface area (Å²) in [5.74, 6) is 1.71. The molecule has 2 atom stereocenters. The van der Waals surface area contributed by atoms with Gasteiger partial charge in [-0.15, -0.1) is 0 Å². The summed E-state index contributed by atoms with van der Waals surface area (Å²) in [6.07, 6.45) is 8.20. The van der Waals surface area contributed by atoms with Crippen molar-refractivity contribution in [2.24, 2.45) is 23.2 Å². The third-order valence-electron chi connectivity index (χ3n) is 4.81. The van der Waals surface area contributed by atoms with E-state index in [1.165, 1.54) is 25.7 Å². The van der Waals surface area contributed by atoms with Gasteiger partial charge in [-0.3, -0.25) is 4.79 Å². The average Bonchev–Trinajstić information content (AvgIpc) is 2.32. The summed E-state index contributed by atoms with van der Waals surface area (Å²) >= 11 is 0. The second-order valence-corrected chi connectivity index (χ2v) is 5.84. The van der Waals surface area contributed by atoms with Crippen LogP contribution >= 0.6 is 0 Å². The summed E-state index contributed by atoms with van der Waals surface area (Å²) in [6, 6.07) is 0. The van der Waals surface area contributed by atoms with Gasteiger partial charge in [-0.2, -0.15) is 0 Å². The molecule has 0 amide bonds. The molecule has 1 N–H and O–H groups in total. The van der Waals surface area contributed by atoms with Gasteiger partial charge < -0.3 is 5.11 Å². The molecule has 78 valence electrons. The number of carboxylic acids is 1. The lowest BCUT2D eigenvalue weighted by molar-refractivity contribution is -0.157. The van der Waals surface area contributed by atoms with E-state index in [-0.39, 0.29) is 5.41 Å². The van der Waals surface area contributed by atoms with Gasteiger partial charge in [0.2, 0.25) is 0 Å². The van der Waals surface area contributed by atoms with Crippen LogP contribution in [0.5, 0.6) is 0 Å². The third kappa shape index (κ3) is 1.12. The van der Waals surface area contributed by atoms with Crippen LogP contribution in [0.25, 0.3) is 0 Å². The van der Waals surface area contributed by atoms with Crippen LogP contribution in [0.2, 0.25) is 0 Å². The van der Waals surface area contributed by atoms with Crippen LogP contribution < -0.4 is 0 Å². The van der Waals surface area contributed by atoms with Crippen LogP contribution in [-0.4, -0.2) is 11.1 Å². The van der Waals surface area contributed by atoms with Crippen molar-refractivity contribution in [3.05, 3.63) is 0 Å². The average molecular weight is 194 g/mol. The first-order valence-electron chi connectivity index (χ1n) is 5.91. The maximum absolute atomic E-state index is 11.4. The summed E-state index contributed by atoms with van der Waals surface area (Å²) < 4.78 is 0. The zero-order valence-electron chi connectivity index (χ0n) is 8.54. The van der Waals surface area contributed by atoms with Crippen LogP contribution in [0.3, 0.4) is 0 Å². The molecule has 14 heavy (non-hydrogen) atoms. The van der Waals surface area contributed by atoms with E-state index >= 15 is 0 Å². The van der Waals surface area contributed by atoms with Crippen molar-refractivity contribution in [2.45, 2.75) is 44.9 Å². The molecular weight excluding hydrogens is 176 g/mol. The number of hydrogen-bond donors (Lipinski definition) is 1. The Morgan fingerprint density at radius 2 is 1.50 bits per heavy atom. The zero-order chi connectivity index (χ0) is 9.76. The number of carbonyl (C=O) groups is 1. The molecule has 0 heterocycles. The first kappa shape index (κ1) is 8.75. The van der Waals surface area contributed by atoms with Gasteiger partial charge in [0.05, 0.1) is 5.41 Å². The highest BCUT2D eigenvalue weighted by Gasteiger charge is 2.52. The molecular formula is C12H18O2. The van der Waals surface area contributed by atoms with Crippen molar-refractivity contribution in [1.29, 1.82) is 0 Å². The predicted molar refractivity (Wildman–Crippen MR) is 52.9 cm³/mol. The fourth-order valence-corrected chi connectivity index (χ4v) is 4.45. The van der Waals surface area contributed by atoms with Gasteiger partial charge in [-0.25, -0.2) is 0 Å². The molecule has 4 fully saturated rings. The molecule has 2 unspecified atom stereocenters. The number of fused-ring (bicyclic) bond motifs is 1. The molecule has 0 aromatic rings. The minimum Gasteiger partial charge on any atom is -0.481 e. The number of carboxylic acid groups (broad SMARTS) is 1. The first-order chi connectivity index (χ1) is 6.68. The van der Waals surface area contributed by atoms with E-state index in [0.717, 1.165) is 37.0 Å². The fourth-order valence-electron chi connectivity index (χ4n) is 4.45. The lowest BCUT2D eigenvalue weighted by Gasteiger charge is -2.45. The van der Waals surface area contributed by atoms with E-state index in [1.807, 2.05) is 0 Å². The number of rotatable bonds is 1. The summed E-state index contributed by atoms with van der Waals surface area (Å²) in [5.41, 5.74) is -0.299. The van der Waals surface area contributed by atoms with Crippen molar-refractivity contribution >= 4 is 5.97 Å². The van der Waals surface area contributed by atoms with Crippen LogP contribution in [0.1, 0.15) is 44.9 Å². The van der Waals surface area contributed by atoms with Gasteiger partial charge in [0.15, 0.2) is 0 Å². The van der Waals surface area contributed by atoms with Crippen molar-refractivity contribution in [1.82, 2.24) is 0 Å². The van der Waals surface area contributed by atoms with Gasteiger partial charge in [0.1, 0.15) is 0 Å². The molecule has 4 rings (SSSR count). The van der Waals surface area contributed by atoms with Gasteiger partial charge in [0.25, 0.3) is 0 Å². The lowest BCUT2D eigenvalue weighted by atomic mass is 9.58. The molecule has 4 aliphatic rings. The van der Waals surface area contributed by atoms with E-state index in [0.29, 0.717) is 0 Å². The van der Waals surface area contributed by atoms with Crippen LogP contribution in [0, 0.1) is 23.2 Å². The van der Waals surface area contributed by atoms with E-state index in [9.17, 15) is 9.90 Å². The minimum atomic E-state index is -0.501. The van der Waals surface area contributed by atoms with E-state index in [4.69, 9.17) is 0 Å². The van der Waals surface area contributed by atoms with E-state index in [1.54, 1.807) is 0 Å². The van der Waals surface area contributed by atoms with Gasteiger partial charge in [-0.1, -0.05) is 12.8 Å². The smallest absolute Gasteiger partial charge is 0.309 e. The van der Waals surface area contributed by atoms with E-state index in [2.05, 4.69) is 0 Å². The largest absolute Gasteiger partial charge is 0.481 e. The third-order valence-corrected chi connectivity index (χ3v) is 4.81. The molecule has 4 bridgehead atoms. The van der Waals surface area contributed by atoms with E-state index < -0.39 is 5.97 Å². The lowest BCUT2D eigenvalue weighted by Crippen LogP contribution is -2.43. The van der Waals surface area contributed by atoms with Crippen LogP contribution in [0.4, 0.5) is 0 Å². The Bertz CT molecular complexity index is 255. The SMILES string of the molecule is O=C(O)C12CC3CCC(CC(C3)C1)C2. The van der Waals surface area contributed by atoms with Gasteiger partial charge in [0, 0.05) is 0 Å². The molecule has 0 spiro atoms. The Hall–Kier alpha value is -0.530. The molecule has 0 aromatic heterocycles. The van der Waals surface area contributed by atoms with Crippen LogP contribution in [-0.2, 0) is 4.79 Å². The summed E-state index contributed by atoms with van der Waals surface area (Å²) in [6.45, 7) is 0. The Balaban J connectivity index is 1.97. The molecule has 2 heteroatoms. The topological polar surface area (TPSA) is 37.3 Å². The molecule has 0 aromatic carbocycles. The van der Waals surface area contributed by atoms with Crippen LogP contribution in [0.15, 0.2) is 0 Å². The molecule has 4 saturated carbocycles. The van der Waals surface area contributed by atoms with Crippen molar-refractivity contribution < 1.29 is 9.90 Å². The number of aliphatic carboxylic acids is 1. The normalized spacial score (nSPS) is 50.4. The maximum atomic E-state index is 11.4. The Kier molecular flexibility index (Phi) is 1.71. The second-order valence-electron chi connectivity index (χ2n) is 5.84. The predicted octanol–water partition coefficient (Wildman–Crippen LogP) is 2.68. The Morgan fingerprint density at radius 3 is 2.00 bits per heavy atom. The van der Waals surface area contributed by atoms with Gasteiger partial charge in [-0.05, 0) is 49.9 Å². The first-order valence-corrected chi connectivity index (χ1v) is 5.91. The van der Waals surface area contributed by atoms with Crippen molar-refractivity contribution in [3.63, 3.8) is 0 Å². The molecule has 0 aliphatic heterocycles. The highest BCUT2D eigenvalue weighted by Crippen LogP contribution is 2.57. The summed E-state index contributed by atoms with van der Waals surface area (Å²) in [5, 5.41) is 9.40. The minimum absolute atomic E-state index is 0.299. The second kappa shape index (κ2) is 2.74. The van der Waals surface area contributed by atoms with Crippen molar-refractivity contribution in [2.75, 3.05) is 0 Å². The quantitative estimate of drug-likeness (QED) is 0.696. The molecule has 0 saturated heterocycles. The molecule has 0 radical (unpaired) electrons. The fraction of sp³-hybridized carbons (Fsp3) is 0.917. The molecule has 2 nitrogen and oxygen atoms in total. The Labute approximate surface area is 84.7 Å². The standard InChI is InChI=1S/C12H18O2/c13-11(14)12-5-8-1-2-9(6-12)4-10(3-8)7-12/h8-10H,1-7H2,(H,13,14). The highest BCUT2D eigenvalue weighted by molar-refractivity contribution is 5.75. The monoisotopic (exact) mass is 194 g/mol. The maximum Gasteiger partial charge on any atom is 0.309 e. The summed E-state index contributed by atoms with van der Waals surface area (Å²) in [4.78, 5) is 11.4. The highest BCUT2D eigenvalue weighted by atomic mass is 16.4. The van der Waals surface area contributed by atoms with Gasteiger partial charge >= 0.3 is 5.97 Å². The zero-order valence-corrected chi connectivity index (χ0v) is 8.54. The number of hydrogen-bond acceptors (Lipinski definition) is 1. The summed E-state index contributed by atoms with van der Waals surface area (Å²) in [7, 11) is 0. The Morgan fingerprint density at radius 1 is 1.00 bits per heavy atom.